The molecule has 0 saturated heterocycles. The van der Waals surface area contributed by atoms with Crippen LogP contribution in [0.1, 0.15) is 138 Å². The number of nitrogens with zero attached hydrogens (tertiary/aromatic N) is 19. The predicted octanol–water partition coefficient (Wildman–Crippen LogP) is 22.5. The number of aromatic amines is 1. The number of benzene rings is 9. The van der Waals surface area contributed by atoms with E-state index in [-0.39, 0.29) is 18.3 Å². The van der Waals surface area contributed by atoms with Crippen molar-refractivity contribution in [1.29, 1.82) is 0 Å². The molecule has 0 saturated carbocycles. The number of H-pyrrole nitrogens is 1. The van der Waals surface area contributed by atoms with Crippen molar-refractivity contribution in [2.75, 3.05) is 108 Å². The molecule has 0 spiro atoms. The van der Waals surface area contributed by atoms with E-state index in [1.54, 1.807) is 4.57 Å². The highest BCUT2D eigenvalue weighted by Crippen LogP contribution is 2.41. The van der Waals surface area contributed by atoms with Gasteiger partial charge in [-0.1, -0.05) is 308 Å². The Hall–Kier alpha value is -15.2. The summed E-state index contributed by atoms with van der Waals surface area (Å²) in [5.74, 6) is 8.66. The third-order valence-corrected chi connectivity index (χ3v) is 25.0. The fourth-order valence-corrected chi connectivity index (χ4v) is 18.5. The summed E-state index contributed by atoms with van der Waals surface area (Å²) in [7, 11) is 6.04. The lowest BCUT2D eigenvalue weighted by atomic mass is 10.1. The number of pyridine rings is 5. The number of esters is 1. The van der Waals surface area contributed by atoms with Crippen molar-refractivity contribution >= 4 is 169 Å². The maximum Gasteiger partial charge on any atom is 0.326 e. The molecule has 0 amide bonds. The fourth-order valence-electron chi connectivity index (χ4n) is 18.5. The molecule has 143 heavy (non-hydrogen) atoms. The molecule has 0 aliphatic rings. The Kier molecular flexibility index (Phi) is 33.9. The quantitative estimate of drug-likeness (QED) is 0.0159. The number of rotatable bonds is 35. The second-order valence-electron chi connectivity index (χ2n) is 39.2. The first kappa shape index (κ1) is 102. The molecule has 0 atom stereocenters. The van der Waals surface area contributed by atoms with E-state index in [0.717, 1.165) is 214 Å². The van der Waals surface area contributed by atoms with Crippen LogP contribution in [0.2, 0.25) is 0 Å². The number of hydrogen-bond acceptors (Lipinski definition) is 22. The number of nitrogens with one attached hydrogen (secondary N) is 2. The molecule has 19 rings (SSSR count). The van der Waals surface area contributed by atoms with Crippen molar-refractivity contribution < 1.29 is 14.6 Å². The number of aromatic nitrogens is 15. The molecule has 0 radical (unpaired) electrons. The molecule has 744 valence electrons. The van der Waals surface area contributed by atoms with Crippen molar-refractivity contribution in [2.24, 2.45) is 29.6 Å². The van der Waals surface area contributed by atoms with Gasteiger partial charge in [0.2, 0.25) is 23.8 Å². The van der Waals surface area contributed by atoms with Gasteiger partial charge < -0.3 is 80.1 Å². The second-order valence-corrected chi connectivity index (χ2v) is 39.2. The number of unbranched alkanes of at least 4 members (excludes halogenated alkanes) is 2. The number of carbonyl (C=O) groups excluding carboxylic acids is 1. The van der Waals surface area contributed by atoms with Gasteiger partial charge in [0.15, 0.2) is 23.3 Å². The number of para-hydroxylation sites is 5. The zero-order valence-corrected chi connectivity index (χ0v) is 85.8. The van der Waals surface area contributed by atoms with Crippen LogP contribution in [0.5, 0.6) is 0 Å². The lowest BCUT2D eigenvalue weighted by Gasteiger charge is -2.25. The van der Waals surface area contributed by atoms with E-state index in [4.69, 9.17) is 51.8 Å². The summed E-state index contributed by atoms with van der Waals surface area (Å²) < 4.78 is 16.0. The van der Waals surface area contributed by atoms with Crippen LogP contribution in [0.15, 0.2) is 247 Å². The van der Waals surface area contributed by atoms with Crippen LogP contribution in [0.25, 0.3) is 110 Å². The van der Waals surface area contributed by atoms with E-state index in [9.17, 15) is 14.7 Å². The summed E-state index contributed by atoms with van der Waals surface area (Å²) >= 11 is 0. The number of aliphatic hydroxyl groups is 1. The monoisotopic (exact) mass is 1920 g/mol. The highest BCUT2D eigenvalue weighted by atomic mass is 16.5. The molecule has 0 unspecified atom stereocenters. The normalized spacial score (nSPS) is 11.5. The molecule has 28 nitrogen and oxygen atoms in total. The average molecular weight is 1920 g/mol. The summed E-state index contributed by atoms with van der Waals surface area (Å²) in [5, 5.41) is 18.2. The Labute approximate surface area is 838 Å². The number of hydrogen-bond donors (Lipinski definition) is 6. The van der Waals surface area contributed by atoms with Crippen LogP contribution in [0, 0.1) is 29.6 Å². The Morgan fingerprint density at radius 1 is 0.371 bits per heavy atom. The largest absolute Gasteiger partial charge is 0.464 e. The minimum atomic E-state index is -0.284. The SMILES string of the molecule is CC(=O)OCCN(C)c1nc2c(N)nc3ccccc3c2n1CC(C)C.CC(C)Cn1c(=O)[nH]c2c(N)nc3ccccc3c21.CC(C)Cn1c(N(C)CCO)nc2c(N)nc3ccccc3c21.CCCCN(C)c1nc2c(N(Cc3ccccc3)Cc3ccccc3)nc3ccccc3c2n1CC(C)C.CCCCNc1nc2c(N(Cc3ccccc3)Cc3ccccc3)nc3ccccc3c2n1CC(C)C. The number of anilines is 9. The number of fused-ring (bicyclic) bond motifs is 15. The molecule has 9 N–H and O–H groups in total. The zero-order chi connectivity index (χ0) is 101. The fraction of sp³-hybridized carbons (Fsp3) is 0.348. The first-order valence-corrected chi connectivity index (χ1v) is 50.4. The number of ether oxygens (including phenoxy) is 1. The Morgan fingerprint density at radius 3 is 1.05 bits per heavy atom. The molecule has 9 aromatic carbocycles. The lowest BCUT2D eigenvalue weighted by molar-refractivity contribution is -0.140. The molecule has 0 aliphatic carbocycles. The highest BCUT2D eigenvalue weighted by Gasteiger charge is 2.29. The average Bonchev–Trinajstić information content (AvgIpc) is 1.64. The van der Waals surface area contributed by atoms with Gasteiger partial charge in [0, 0.05) is 134 Å². The van der Waals surface area contributed by atoms with Gasteiger partial charge in [-0.3, -0.25) is 9.36 Å². The number of nitrogen functional groups attached to an aromatic ring is 3. The molecular weight excluding hydrogens is 1780 g/mol. The maximum atomic E-state index is 12.1. The predicted molar refractivity (Wildman–Crippen MR) is 593 cm³/mol. The van der Waals surface area contributed by atoms with Gasteiger partial charge in [0.25, 0.3) is 0 Å². The Bertz CT molecular complexity index is 7470. The molecular formula is C115H140N24O4. The Morgan fingerprint density at radius 2 is 0.678 bits per heavy atom. The zero-order valence-electron chi connectivity index (χ0n) is 85.8. The molecule has 19 aromatic rings. The summed E-state index contributed by atoms with van der Waals surface area (Å²) in [6, 6.07) is 83.3. The molecule has 10 heterocycles. The first-order valence-electron chi connectivity index (χ1n) is 50.4. The first-order chi connectivity index (χ1) is 69.2. The second kappa shape index (κ2) is 47.4. The van der Waals surface area contributed by atoms with Crippen molar-refractivity contribution in [2.45, 2.75) is 175 Å². The van der Waals surface area contributed by atoms with Crippen LogP contribution >= 0.6 is 0 Å². The van der Waals surface area contributed by atoms with Crippen molar-refractivity contribution in [3.05, 3.63) is 275 Å². The maximum absolute atomic E-state index is 12.1. The topological polar surface area (TPSA) is 326 Å². The lowest BCUT2D eigenvalue weighted by Crippen LogP contribution is -2.27. The van der Waals surface area contributed by atoms with Crippen molar-refractivity contribution in [3.8, 4) is 0 Å². The number of nitrogens with two attached hydrogens (primary N) is 3. The van der Waals surface area contributed by atoms with Crippen LogP contribution in [-0.4, -0.2) is 144 Å². The van der Waals surface area contributed by atoms with Gasteiger partial charge in [0.05, 0.1) is 68.3 Å². The standard InChI is InChI=1S/C33H39N5.C32H37N5.C19H25N5O2.C17H23N5O.C14H16N4O/c1-5-6-21-36(4)33-35-30-31(38(33)22-25(2)3)28-19-13-14-20-29(28)34-32(30)37(23-26-15-9-7-10-16-26)24-27-17-11-8-12-18-27;1-4-5-20-33-32-35-29-30(37(32)21-24(2)3)27-18-12-13-19-28(27)34-31(29)36(22-25-14-8-6-9-15-25)23-26-16-10-7-11-17-26;1-12(2)11-24-17-14-7-5-6-8-15(14)21-18(20)16(17)22-19(24)23(4)9-10-26-13(3)25;1-11(2)10-22-15-12-6-4-5-7-13(12)19-16(18)14(15)20-17(22)21(3)8-9-23;1-8(2)7-18-12-9-5-3-4-6-10(9)16-13(15)11(12)17-14(18)19/h7-20,25H,5-6,21-24H2,1-4H3;6-19,24H,4-5,20-23H2,1-3H3,(H,33,35);5-8,12H,9-11H2,1-4H3,(H2,20,21);4-7,11,23H,8-10H2,1-3H3,(H2,18,19);3-6,8H,7H2,1-2H3,(H2,15,16)(H,17,19). The highest BCUT2D eigenvalue weighted by molar-refractivity contribution is 6.12. The van der Waals surface area contributed by atoms with E-state index in [1.165, 1.54) is 40.2 Å². The summed E-state index contributed by atoms with van der Waals surface area (Å²) in [6.07, 6.45) is 4.56. The van der Waals surface area contributed by atoms with Crippen molar-refractivity contribution in [3.63, 3.8) is 0 Å². The van der Waals surface area contributed by atoms with E-state index in [2.05, 4.69) is 324 Å². The van der Waals surface area contributed by atoms with Crippen LogP contribution < -0.4 is 52.7 Å². The smallest absolute Gasteiger partial charge is 0.326 e. The van der Waals surface area contributed by atoms with E-state index in [1.807, 2.05) is 90.6 Å². The molecule has 10 aromatic heterocycles. The van der Waals surface area contributed by atoms with Gasteiger partial charge in [-0.05, 0) is 95.0 Å². The van der Waals surface area contributed by atoms with Gasteiger partial charge in [-0.25, -0.2) is 49.7 Å². The van der Waals surface area contributed by atoms with Gasteiger partial charge in [0.1, 0.15) is 40.0 Å². The summed E-state index contributed by atoms with van der Waals surface area (Å²) in [5.41, 5.74) is 37.0. The third kappa shape index (κ3) is 24.2. The van der Waals surface area contributed by atoms with Crippen LogP contribution in [0.4, 0.5) is 52.9 Å². The minimum Gasteiger partial charge on any atom is -0.464 e. The number of carbonyl (C=O) groups is 1. The van der Waals surface area contributed by atoms with Gasteiger partial charge >= 0.3 is 11.7 Å². The molecule has 28 heteroatoms. The summed E-state index contributed by atoms with van der Waals surface area (Å²) in [6.45, 7) is 38.3. The number of imidazole rings is 5. The molecule has 0 bridgehead atoms. The Balaban J connectivity index is 0.000000138. The summed E-state index contributed by atoms with van der Waals surface area (Å²) in [4.78, 5) is 80.9. The van der Waals surface area contributed by atoms with Crippen molar-refractivity contribution in [1.82, 2.24) is 72.7 Å². The van der Waals surface area contributed by atoms with E-state index >= 15 is 0 Å². The third-order valence-electron chi connectivity index (χ3n) is 25.0. The van der Waals surface area contributed by atoms with Crippen LogP contribution in [-0.2, 0) is 68.4 Å². The van der Waals surface area contributed by atoms with Gasteiger partial charge in [-0.15, -0.1) is 0 Å². The minimum absolute atomic E-state index is 0.0792. The van der Waals surface area contributed by atoms with Gasteiger partial charge in [-0.2, -0.15) is 0 Å². The molecule has 0 aliphatic heterocycles. The van der Waals surface area contributed by atoms with E-state index in [0.29, 0.717) is 84.3 Å². The number of likely N-dealkylation sites (N-methyl/N-ethyl adjacent to an activating group) is 2. The van der Waals surface area contributed by atoms with E-state index < -0.39 is 0 Å². The van der Waals surface area contributed by atoms with Crippen LogP contribution in [0.3, 0.4) is 0 Å². The molecule has 0 fully saturated rings. The number of aliphatic hydroxyl groups excluding tert-OH is 1.